The minimum Gasteiger partial charge on any atom is -0.455 e. The molecule has 0 aliphatic rings. The van der Waals surface area contributed by atoms with Gasteiger partial charge in [0.05, 0.1) is 10.4 Å². The molecular formula is C16H12FNO3S. The van der Waals surface area contributed by atoms with Gasteiger partial charge in [-0.3, -0.25) is 0 Å². The zero-order chi connectivity index (χ0) is 15.5. The largest absolute Gasteiger partial charge is 0.455 e. The zero-order valence-electron chi connectivity index (χ0n) is 11.7. The van der Waals surface area contributed by atoms with Crippen LogP contribution in [0.15, 0.2) is 46.3 Å². The van der Waals surface area contributed by atoms with E-state index in [1.165, 1.54) is 23.5 Å². The van der Waals surface area contributed by atoms with Crippen molar-refractivity contribution in [3.63, 3.8) is 0 Å². The maximum absolute atomic E-state index is 13.4. The van der Waals surface area contributed by atoms with Crippen LogP contribution in [0.4, 0.5) is 4.39 Å². The predicted octanol–water partition coefficient (Wildman–Crippen LogP) is 4.21. The van der Waals surface area contributed by atoms with Crippen molar-refractivity contribution >= 4 is 17.3 Å². The van der Waals surface area contributed by atoms with Crippen molar-refractivity contribution in [2.75, 3.05) is 0 Å². The summed E-state index contributed by atoms with van der Waals surface area (Å²) in [5.74, 6) is -0.405. The Morgan fingerprint density at radius 1 is 1.36 bits per heavy atom. The van der Waals surface area contributed by atoms with Crippen LogP contribution < -0.4 is 0 Å². The van der Waals surface area contributed by atoms with E-state index in [0.717, 1.165) is 10.9 Å². The summed E-state index contributed by atoms with van der Waals surface area (Å²) in [7, 11) is 0. The Morgan fingerprint density at radius 3 is 2.95 bits per heavy atom. The topological polar surface area (TPSA) is 52.3 Å². The first-order valence-corrected chi connectivity index (χ1v) is 7.44. The molecule has 0 aliphatic carbocycles. The van der Waals surface area contributed by atoms with Crippen LogP contribution in [0.25, 0.3) is 10.6 Å². The van der Waals surface area contributed by atoms with Crippen molar-refractivity contribution < 1.29 is 18.4 Å². The van der Waals surface area contributed by atoms with Crippen molar-refractivity contribution in [3.8, 4) is 10.6 Å². The molecule has 3 rings (SSSR count). The molecule has 0 amide bonds. The number of thiophene rings is 1. The van der Waals surface area contributed by atoms with E-state index in [1.54, 1.807) is 13.0 Å². The number of rotatable bonds is 4. The van der Waals surface area contributed by atoms with Gasteiger partial charge in [0.25, 0.3) is 0 Å². The molecule has 0 atom stereocenters. The minimum absolute atomic E-state index is 0.0246. The van der Waals surface area contributed by atoms with Gasteiger partial charge < -0.3 is 9.26 Å². The lowest BCUT2D eigenvalue weighted by Crippen LogP contribution is -2.06. The van der Waals surface area contributed by atoms with Crippen molar-refractivity contribution in [1.82, 2.24) is 5.16 Å². The summed E-state index contributed by atoms with van der Waals surface area (Å²) in [5, 5.41) is 5.78. The number of halogens is 1. The Kier molecular flexibility index (Phi) is 4.02. The van der Waals surface area contributed by atoms with Crippen LogP contribution in [0.3, 0.4) is 0 Å². The summed E-state index contributed by atoms with van der Waals surface area (Å²) in [6, 6.07) is 9.77. The third-order valence-electron chi connectivity index (χ3n) is 3.08. The second-order valence-electron chi connectivity index (χ2n) is 4.70. The van der Waals surface area contributed by atoms with Gasteiger partial charge in [-0.1, -0.05) is 17.3 Å². The molecule has 0 spiro atoms. The summed E-state index contributed by atoms with van der Waals surface area (Å²) in [4.78, 5) is 12.8. The first-order valence-electron chi connectivity index (χ1n) is 6.56. The maximum atomic E-state index is 13.4. The van der Waals surface area contributed by atoms with Gasteiger partial charge in [0, 0.05) is 6.07 Å². The fourth-order valence-corrected chi connectivity index (χ4v) is 2.53. The number of benzene rings is 1. The molecule has 2 aromatic heterocycles. The number of ether oxygens (including phenoxy) is 1. The number of aromatic nitrogens is 1. The molecule has 1 aromatic carbocycles. The second kappa shape index (κ2) is 6.11. The molecule has 4 nitrogen and oxygen atoms in total. The molecule has 112 valence electrons. The highest BCUT2D eigenvalue weighted by molar-refractivity contribution is 7.13. The predicted molar refractivity (Wildman–Crippen MR) is 80.1 cm³/mol. The van der Waals surface area contributed by atoms with Gasteiger partial charge in [0.1, 0.15) is 18.1 Å². The van der Waals surface area contributed by atoms with Crippen LogP contribution in [-0.4, -0.2) is 11.1 Å². The van der Waals surface area contributed by atoms with Crippen molar-refractivity contribution in [1.29, 1.82) is 0 Å². The molecule has 3 aromatic rings. The molecule has 0 saturated heterocycles. The molecule has 0 N–H and O–H groups in total. The van der Waals surface area contributed by atoms with E-state index in [4.69, 9.17) is 9.26 Å². The molecule has 0 aliphatic heterocycles. The van der Waals surface area contributed by atoms with E-state index in [1.807, 2.05) is 17.5 Å². The molecule has 0 unspecified atom stereocenters. The summed E-state index contributed by atoms with van der Waals surface area (Å²) >= 11 is 1.53. The Labute approximate surface area is 130 Å². The highest BCUT2D eigenvalue weighted by Crippen LogP contribution is 2.25. The average Bonchev–Trinajstić information content (AvgIpc) is 3.18. The zero-order valence-corrected chi connectivity index (χ0v) is 12.5. The summed E-state index contributed by atoms with van der Waals surface area (Å²) in [6.07, 6.45) is 0. The van der Waals surface area contributed by atoms with Gasteiger partial charge in [-0.05, 0) is 36.1 Å². The monoisotopic (exact) mass is 317 g/mol. The SMILES string of the molecule is Cc1ccc(C(=O)OCc2cc(-c3cccs3)on2)cc1F. The first kappa shape index (κ1) is 14.5. The number of aryl methyl sites for hydroxylation is 1. The van der Waals surface area contributed by atoms with Gasteiger partial charge in [-0.2, -0.15) is 0 Å². The molecule has 0 fully saturated rings. The van der Waals surface area contributed by atoms with Gasteiger partial charge in [-0.15, -0.1) is 11.3 Å². The highest BCUT2D eigenvalue weighted by Gasteiger charge is 2.12. The standard InChI is InChI=1S/C16H12FNO3S/c1-10-4-5-11(7-13(10)17)16(19)20-9-12-8-14(21-18-12)15-3-2-6-22-15/h2-8H,9H2,1H3. The lowest BCUT2D eigenvalue weighted by molar-refractivity contribution is 0.0463. The Hall–Kier alpha value is -2.47. The Balaban J connectivity index is 1.65. The lowest BCUT2D eigenvalue weighted by atomic mass is 10.1. The number of carbonyl (C=O) groups is 1. The minimum atomic E-state index is -0.598. The normalized spacial score (nSPS) is 10.6. The Bertz CT molecular complexity index is 796. The van der Waals surface area contributed by atoms with Crippen molar-refractivity contribution in [2.24, 2.45) is 0 Å². The summed E-state index contributed by atoms with van der Waals surface area (Å²) < 4.78 is 23.7. The summed E-state index contributed by atoms with van der Waals surface area (Å²) in [5.41, 5.74) is 1.16. The number of hydrogen-bond acceptors (Lipinski definition) is 5. The van der Waals surface area contributed by atoms with Crippen LogP contribution in [-0.2, 0) is 11.3 Å². The van der Waals surface area contributed by atoms with Gasteiger partial charge in [0.15, 0.2) is 5.76 Å². The first-order chi connectivity index (χ1) is 10.6. The fourth-order valence-electron chi connectivity index (χ4n) is 1.86. The van der Waals surface area contributed by atoms with Crippen LogP contribution in [0.1, 0.15) is 21.6 Å². The van der Waals surface area contributed by atoms with Gasteiger partial charge >= 0.3 is 5.97 Å². The van der Waals surface area contributed by atoms with E-state index in [2.05, 4.69) is 5.16 Å². The quantitative estimate of drug-likeness (QED) is 0.676. The van der Waals surface area contributed by atoms with Crippen LogP contribution in [0, 0.1) is 12.7 Å². The van der Waals surface area contributed by atoms with E-state index >= 15 is 0 Å². The van der Waals surface area contributed by atoms with Gasteiger partial charge in [-0.25, -0.2) is 9.18 Å². The van der Waals surface area contributed by atoms with Gasteiger partial charge in [0.2, 0.25) is 0 Å². The molecule has 2 heterocycles. The third kappa shape index (κ3) is 3.07. The maximum Gasteiger partial charge on any atom is 0.338 e. The second-order valence-corrected chi connectivity index (χ2v) is 5.65. The molecular weight excluding hydrogens is 305 g/mol. The molecule has 22 heavy (non-hydrogen) atoms. The fraction of sp³-hybridized carbons (Fsp3) is 0.125. The highest BCUT2D eigenvalue weighted by atomic mass is 32.1. The lowest BCUT2D eigenvalue weighted by Gasteiger charge is -2.03. The van der Waals surface area contributed by atoms with E-state index < -0.39 is 11.8 Å². The smallest absolute Gasteiger partial charge is 0.338 e. The van der Waals surface area contributed by atoms with Crippen LogP contribution in [0.5, 0.6) is 0 Å². The molecule has 0 radical (unpaired) electrons. The van der Waals surface area contributed by atoms with Crippen LogP contribution >= 0.6 is 11.3 Å². The third-order valence-corrected chi connectivity index (χ3v) is 3.97. The number of carbonyl (C=O) groups excluding carboxylic acids is 1. The molecule has 0 bridgehead atoms. The average molecular weight is 317 g/mol. The molecule has 0 saturated carbocycles. The number of hydrogen-bond donors (Lipinski definition) is 0. The van der Waals surface area contributed by atoms with Crippen LogP contribution in [0.2, 0.25) is 0 Å². The van der Waals surface area contributed by atoms with E-state index in [-0.39, 0.29) is 12.2 Å². The number of esters is 1. The van der Waals surface area contributed by atoms with E-state index in [9.17, 15) is 9.18 Å². The number of nitrogens with zero attached hydrogens (tertiary/aromatic N) is 1. The summed E-state index contributed by atoms with van der Waals surface area (Å²) in [6.45, 7) is 1.61. The van der Waals surface area contributed by atoms with Crippen molar-refractivity contribution in [2.45, 2.75) is 13.5 Å². The van der Waals surface area contributed by atoms with E-state index in [0.29, 0.717) is 17.0 Å². The molecule has 6 heteroatoms. The Morgan fingerprint density at radius 2 is 2.23 bits per heavy atom. The van der Waals surface area contributed by atoms with Crippen molar-refractivity contribution in [3.05, 3.63) is 64.4 Å².